The van der Waals surface area contributed by atoms with Crippen molar-refractivity contribution in [1.29, 1.82) is 0 Å². The van der Waals surface area contributed by atoms with Gasteiger partial charge in [-0.05, 0) is 37.8 Å². The molecule has 1 aromatic rings. The summed E-state index contributed by atoms with van der Waals surface area (Å²) in [6.45, 7) is 11.2. The minimum Gasteiger partial charge on any atom is -0.314 e. The molecule has 0 radical (unpaired) electrons. The third kappa shape index (κ3) is 6.52. The van der Waals surface area contributed by atoms with E-state index in [0.29, 0.717) is 6.04 Å². The highest BCUT2D eigenvalue weighted by Crippen LogP contribution is 2.26. The number of nitrogens with zero attached hydrogens (tertiary/aromatic N) is 2. The van der Waals surface area contributed by atoms with Gasteiger partial charge in [0, 0.05) is 31.9 Å². The predicted octanol–water partition coefficient (Wildman–Crippen LogP) is 3.62. The molecule has 2 rings (SSSR count). The van der Waals surface area contributed by atoms with Crippen LogP contribution < -0.4 is 5.32 Å². The van der Waals surface area contributed by atoms with Crippen LogP contribution >= 0.6 is 24.8 Å². The number of halogens is 2. The molecule has 3 nitrogen and oxygen atoms in total. The molecular formula is C16H29Cl2N3. The van der Waals surface area contributed by atoms with Gasteiger partial charge in [0.15, 0.2) is 0 Å². The monoisotopic (exact) mass is 333 g/mol. The Bertz CT molecular complexity index is 393. The van der Waals surface area contributed by atoms with Gasteiger partial charge in [-0.2, -0.15) is 0 Å². The summed E-state index contributed by atoms with van der Waals surface area (Å²) in [5, 5.41) is 3.44. The van der Waals surface area contributed by atoms with E-state index in [1.165, 1.54) is 18.5 Å². The molecular weight excluding hydrogens is 305 g/mol. The number of hydrogen-bond donors (Lipinski definition) is 1. The number of piperazine rings is 1. The van der Waals surface area contributed by atoms with Crippen LogP contribution in [0, 0.1) is 12.8 Å². The number of aryl methyl sites for hydroxylation is 1. The number of nitrogens with one attached hydrogen (secondary N) is 1. The quantitative estimate of drug-likeness (QED) is 0.891. The normalized spacial score (nSPS) is 17.0. The van der Waals surface area contributed by atoms with Crippen molar-refractivity contribution in [3.8, 4) is 0 Å². The van der Waals surface area contributed by atoms with Crippen molar-refractivity contribution in [2.75, 3.05) is 26.2 Å². The van der Waals surface area contributed by atoms with Gasteiger partial charge in [-0.3, -0.25) is 9.88 Å². The van der Waals surface area contributed by atoms with Crippen molar-refractivity contribution in [1.82, 2.24) is 15.2 Å². The molecule has 122 valence electrons. The third-order valence-corrected chi connectivity index (χ3v) is 3.86. The van der Waals surface area contributed by atoms with Crippen LogP contribution in [0.5, 0.6) is 0 Å². The predicted molar refractivity (Wildman–Crippen MR) is 94.7 cm³/mol. The maximum Gasteiger partial charge on any atom is 0.0578 e. The van der Waals surface area contributed by atoms with Gasteiger partial charge < -0.3 is 5.32 Å². The van der Waals surface area contributed by atoms with E-state index in [4.69, 9.17) is 4.98 Å². The van der Waals surface area contributed by atoms with E-state index in [1.807, 2.05) is 0 Å². The Morgan fingerprint density at radius 2 is 1.81 bits per heavy atom. The lowest BCUT2D eigenvalue weighted by Gasteiger charge is -2.35. The Balaban J connectivity index is 0.00000200. The molecule has 0 saturated carbocycles. The van der Waals surface area contributed by atoms with Crippen LogP contribution in [0.3, 0.4) is 0 Å². The van der Waals surface area contributed by atoms with Crippen LogP contribution in [-0.4, -0.2) is 36.1 Å². The summed E-state index contributed by atoms with van der Waals surface area (Å²) in [4.78, 5) is 7.36. The van der Waals surface area contributed by atoms with Gasteiger partial charge in [0.25, 0.3) is 0 Å². The van der Waals surface area contributed by atoms with Crippen molar-refractivity contribution in [2.45, 2.75) is 39.7 Å². The second kappa shape index (κ2) is 10.4. The number of hydrogen-bond acceptors (Lipinski definition) is 3. The maximum atomic E-state index is 4.76. The first-order valence-electron chi connectivity index (χ1n) is 7.55. The lowest BCUT2D eigenvalue weighted by molar-refractivity contribution is 0.156. The topological polar surface area (TPSA) is 28.2 Å². The Morgan fingerprint density at radius 3 is 2.38 bits per heavy atom. The molecule has 21 heavy (non-hydrogen) atoms. The zero-order valence-corrected chi connectivity index (χ0v) is 15.0. The van der Waals surface area contributed by atoms with E-state index in [2.05, 4.69) is 49.2 Å². The van der Waals surface area contributed by atoms with Gasteiger partial charge in [-0.1, -0.05) is 19.9 Å². The molecule has 0 spiro atoms. The van der Waals surface area contributed by atoms with Crippen LogP contribution in [-0.2, 0) is 0 Å². The highest BCUT2D eigenvalue weighted by Gasteiger charge is 2.23. The average Bonchev–Trinajstić information content (AvgIpc) is 2.40. The van der Waals surface area contributed by atoms with E-state index in [1.54, 1.807) is 0 Å². The van der Waals surface area contributed by atoms with Crippen molar-refractivity contribution in [3.05, 3.63) is 29.6 Å². The summed E-state index contributed by atoms with van der Waals surface area (Å²) in [6.07, 6.45) is 2.48. The van der Waals surface area contributed by atoms with Gasteiger partial charge in [-0.25, -0.2) is 0 Å². The second-order valence-electron chi connectivity index (χ2n) is 5.98. The van der Waals surface area contributed by atoms with Crippen LogP contribution in [0.15, 0.2) is 18.2 Å². The van der Waals surface area contributed by atoms with Crippen LogP contribution in [0.4, 0.5) is 0 Å². The third-order valence-electron chi connectivity index (χ3n) is 3.86. The molecule has 1 aliphatic rings. The Labute approximate surface area is 141 Å². The van der Waals surface area contributed by atoms with Gasteiger partial charge in [0.1, 0.15) is 0 Å². The van der Waals surface area contributed by atoms with Crippen molar-refractivity contribution in [2.24, 2.45) is 5.92 Å². The van der Waals surface area contributed by atoms with Crippen molar-refractivity contribution >= 4 is 24.8 Å². The molecule has 1 fully saturated rings. The smallest absolute Gasteiger partial charge is 0.0578 e. The van der Waals surface area contributed by atoms with E-state index in [9.17, 15) is 0 Å². The summed E-state index contributed by atoms with van der Waals surface area (Å²) >= 11 is 0. The minimum absolute atomic E-state index is 0. The fourth-order valence-corrected chi connectivity index (χ4v) is 2.75. The van der Waals surface area contributed by atoms with Crippen LogP contribution in [0.2, 0.25) is 0 Å². The molecule has 1 aliphatic heterocycles. The summed E-state index contributed by atoms with van der Waals surface area (Å²) < 4.78 is 0. The molecule has 1 saturated heterocycles. The summed E-state index contributed by atoms with van der Waals surface area (Å²) in [5.74, 6) is 0.759. The largest absolute Gasteiger partial charge is 0.314 e. The van der Waals surface area contributed by atoms with Crippen LogP contribution in [0.25, 0.3) is 0 Å². The maximum absolute atomic E-state index is 4.76. The molecule has 5 heteroatoms. The second-order valence-corrected chi connectivity index (χ2v) is 5.98. The molecule has 0 amide bonds. The Kier molecular flexibility index (Phi) is 10.2. The molecule has 1 atom stereocenters. The lowest BCUT2D eigenvalue weighted by Crippen LogP contribution is -2.45. The first-order valence-corrected chi connectivity index (χ1v) is 7.55. The van der Waals surface area contributed by atoms with E-state index >= 15 is 0 Å². The van der Waals surface area contributed by atoms with Gasteiger partial charge in [-0.15, -0.1) is 24.8 Å². The molecule has 2 heterocycles. The fraction of sp³-hybridized carbons (Fsp3) is 0.688. The molecule has 1 N–H and O–H groups in total. The first kappa shape index (κ1) is 20.6. The SMILES string of the molecule is Cc1cccc([C@@H](CCC(C)C)N2CCNCC2)n1.Cl.Cl. The Hall–Kier alpha value is -0.350. The Morgan fingerprint density at radius 1 is 1.14 bits per heavy atom. The van der Waals surface area contributed by atoms with E-state index in [-0.39, 0.29) is 24.8 Å². The summed E-state index contributed by atoms with van der Waals surface area (Å²) in [6, 6.07) is 6.91. The molecule has 0 bridgehead atoms. The standard InChI is InChI=1S/C16H27N3.2ClH/c1-13(2)7-8-16(19-11-9-17-10-12-19)15-6-4-5-14(3)18-15;;/h4-6,13,16-17H,7-12H2,1-3H3;2*1H/t16-;;/m1../s1. The lowest BCUT2D eigenvalue weighted by atomic mass is 9.99. The number of rotatable bonds is 5. The molecule has 1 aromatic heterocycles. The van der Waals surface area contributed by atoms with Gasteiger partial charge >= 0.3 is 0 Å². The van der Waals surface area contributed by atoms with Gasteiger partial charge in [0.05, 0.1) is 11.7 Å². The van der Waals surface area contributed by atoms with Crippen molar-refractivity contribution in [3.63, 3.8) is 0 Å². The van der Waals surface area contributed by atoms with Crippen molar-refractivity contribution < 1.29 is 0 Å². The van der Waals surface area contributed by atoms with Crippen LogP contribution in [0.1, 0.15) is 44.1 Å². The zero-order valence-electron chi connectivity index (χ0n) is 13.3. The summed E-state index contributed by atoms with van der Waals surface area (Å²) in [5.41, 5.74) is 2.38. The number of pyridine rings is 1. The highest BCUT2D eigenvalue weighted by molar-refractivity contribution is 5.85. The van der Waals surface area contributed by atoms with E-state index < -0.39 is 0 Å². The molecule has 0 unspecified atom stereocenters. The number of aromatic nitrogens is 1. The molecule has 0 aromatic carbocycles. The highest BCUT2D eigenvalue weighted by atomic mass is 35.5. The molecule has 0 aliphatic carbocycles. The minimum atomic E-state index is 0. The van der Waals surface area contributed by atoms with Gasteiger partial charge in [0.2, 0.25) is 0 Å². The fourth-order valence-electron chi connectivity index (χ4n) is 2.75. The average molecular weight is 334 g/mol. The first-order chi connectivity index (χ1) is 9.16. The summed E-state index contributed by atoms with van der Waals surface area (Å²) in [7, 11) is 0. The zero-order chi connectivity index (χ0) is 13.7. The van der Waals surface area contributed by atoms with E-state index in [0.717, 1.165) is 37.8 Å².